The van der Waals surface area contributed by atoms with Crippen LogP contribution in [0.15, 0.2) is 10.7 Å². The molecule has 0 aliphatic heterocycles. The number of hydrogen-bond donors (Lipinski definition) is 1. The van der Waals surface area contributed by atoms with Crippen molar-refractivity contribution < 1.29 is 4.42 Å². The Morgan fingerprint density at radius 2 is 2.29 bits per heavy atom. The third-order valence-electron chi connectivity index (χ3n) is 2.32. The molecule has 0 saturated heterocycles. The molecule has 1 aromatic rings. The van der Waals surface area contributed by atoms with Crippen LogP contribution in [0.5, 0.6) is 0 Å². The van der Waals surface area contributed by atoms with E-state index >= 15 is 0 Å². The summed E-state index contributed by atoms with van der Waals surface area (Å²) in [5.41, 5.74) is 0.923. The van der Waals surface area contributed by atoms with Gasteiger partial charge in [-0.15, -0.1) is 6.42 Å². The molecule has 4 nitrogen and oxygen atoms in total. The Kier molecular flexibility index (Phi) is 6.19. The van der Waals surface area contributed by atoms with Crippen molar-refractivity contribution >= 4 is 6.01 Å². The first-order chi connectivity index (χ1) is 8.31. The lowest BCUT2D eigenvalue weighted by Gasteiger charge is -2.15. The smallest absolute Gasteiger partial charge is 0.298 e. The van der Waals surface area contributed by atoms with E-state index in [0.29, 0.717) is 12.6 Å². The van der Waals surface area contributed by atoms with E-state index in [4.69, 9.17) is 10.8 Å². The number of nitrogens with one attached hydrogen (secondary N) is 1. The maximum atomic E-state index is 5.44. The third-order valence-corrected chi connectivity index (χ3v) is 2.32. The molecule has 94 valence electrons. The SMILES string of the molecule is C#CCN(CCC)c1nc(CNCCC)co1. The summed E-state index contributed by atoms with van der Waals surface area (Å²) in [6.45, 7) is 7.38. The fourth-order valence-electron chi connectivity index (χ4n) is 1.54. The van der Waals surface area contributed by atoms with Crippen molar-refractivity contribution in [2.75, 3.05) is 24.5 Å². The molecule has 0 bridgehead atoms. The van der Waals surface area contributed by atoms with Gasteiger partial charge in [0.15, 0.2) is 0 Å². The Hall–Kier alpha value is -1.47. The van der Waals surface area contributed by atoms with Gasteiger partial charge in [0.2, 0.25) is 0 Å². The van der Waals surface area contributed by atoms with Crippen molar-refractivity contribution in [3.8, 4) is 12.3 Å². The summed E-state index contributed by atoms with van der Waals surface area (Å²) in [5.74, 6) is 2.62. The van der Waals surface area contributed by atoms with Crippen LogP contribution in [0, 0.1) is 12.3 Å². The van der Waals surface area contributed by atoms with Crippen LogP contribution in [0.1, 0.15) is 32.4 Å². The van der Waals surface area contributed by atoms with Gasteiger partial charge in [0.05, 0.1) is 12.2 Å². The molecule has 0 amide bonds. The molecule has 0 fully saturated rings. The standard InChI is InChI=1S/C13H21N3O/c1-4-7-14-10-12-11-17-13(15-12)16(8-5-2)9-6-3/h2,11,14H,4,6-10H2,1,3H3. The quantitative estimate of drug-likeness (QED) is 0.553. The minimum absolute atomic E-state index is 0.538. The predicted octanol–water partition coefficient (Wildman–Crippen LogP) is 2.02. The van der Waals surface area contributed by atoms with Crippen LogP contribution in [0.25, 0.3) is 0 Å². The van der Waals surface area contributed by atoms with Crippen LogP contribution in [0.3, 0.4) is 0 Å². The number of terminal acetylenes is 1. The molecule has 1 heterocycles. The Morgan fingerprint density at radius 1 is 1.47 bits per heavy atom. The topological polar surface area (TPSA) is 41.3 Å². The van der Waals surface area contributed by atoms with Gasteiger partial charge >= 0.3 is 0 Å². The summed E-state index contributed by atoms with van der Waals surface area (Å²) in [4.78, 5) is 6.40. The van der Waals surface area contributed by atoms with Gasteiger partial charge in [-0.2, -0.15) is 4.98 Å². The minimum Gasteiger partial charge on any atom is -0.432 e. The molecule has 1 rings (SSSR count). The number of anilines is 1. The lowest BCUT2D eigenvalue weighted by Crippen LogP contribution is -2.24. The van der Waals surface area contributed by atoms with Crippen molar-refractivity contribution in [3.05, 3.63) is 12.0 Å². The van der Waals surface area contributed by atoms with Crippen molar-refractivity contribution in [2.45, 2.75) is 33.2 Å². The second kappa shape index (κ2) is 7.75. The van der Waals surface area contributed by atoms with Crippen molar-refractivity contribution in [2.24, 2.45) is 0 Å². The largest absolute Gasteiger partial charge is 0.432 e. The molecule has 0 radical (unpaired) electrons. The van der Waals surface area contributed by atoms with E-state index < -0.39 is 0 Å². The van der Waals surface area contributed by atoms with Crippen LogP contribution < -0.4 is 10.2 Å². The molecule has 0 aliphatic rings. The van der Waals surface area contributed by atoms with Crippen molar-refractivity contribution in [1.29, 1.82) is 0 Å². The molecule has 0 atom stereocenters. The zero-order valence-electron chi connectivity index (χ0n) is 10.7. The Bertz CT molecular complexity index is 354. The van der Waals surface area contributed by atoms with Crippen LogP contribution in [0.2, 0.25) is 0 Å². The highest BCUT2D eigenvalue weighted by Gasteiger charge is 2.10. The summed E-state index contributed by atoms with van der Waals surface area (Å²) < 4.78 is 5.44. The van der Waals surface area contributed by atoms with E-state index in [1.54, 1.807) is 6.26 Å². The molecular formula is C13H21N3O. The Labute approximate surface area is 103 Å². The van der Waals surface area contributed by atoms with Gasteiger partial charge in [-0.05, 0) is 19.4 Å². The predicted molar refractivity (Wildman–Crippen MR) is 69.8 cm³/mol. The average Bonchev–Trinajstić information content (AvgIpc) is 2.78. The van der Waals surface area contributed by atoms with Gasteiger partial charge in [0, 0.05) is 13.1 Å². The summed E-state index contributed by atoms with van der Waals surface area (Å²) in [6, 6.07) is 0.623. The van der Waals surface area contributed by atoms with Crippen LogP contribution >= 0.6 is 0 Å². The second-order valence-corrected chi connectivity index (χ2v) is 3.92. The zero-order valence-corrected chi connectivity index (χ0v) is 10.7. The van der Waals surface area contributed by atoms with Gasteiger partial charge in [0.25, 0.3) is 6.01 Å². The molecule has 1 aromatic heterocycles. The van der Waals surface area contributed by atoms with Crippen LogP contribution in [0.4, 0.5) is 6.01 Å². The minimum atomic E-state index is 0.538. The number of aromatic nitrogens is 1. The van der Waals surface area contributed by atoms with E-state index in [2.05, 4.69) is 30.1 Å². The zero-order chi connectivity index (χ0) is 12.5. The first kappa shape index (κ1) is 13.6. The monoisotopic (exact) mass is 235 g/mol. The molecule has 0 unspecified atom stereocenters. The fraction of sp³-hybridized carbons (Fsp3) is 0.615. The highest BCUT2D eigenvalue weighted by molar-refractivity contribution is 5.29. The van der Waals surface area contributed by atoms with Crippen LogP contribution in [-0.4, -0.2) is 24.6 Å². The van der Waals surface area contributed by atoms with Crippen LogP contribution in [-0.2, 0) is 6.54 Å². The summed E-state index contributed by atoms with van der Waals surface area (Å²) in [5, 5.41) is 3.29. The maximum Gasteiger partial charge on any atom is 0.298 e. The Balaban J connectivity index is 2.55. The van der Waals surface area contributed by atoms with Gasteiger partial charge in [-0.3, -0.25) is 0 Å². The van der Waals surface area contributed by atoms with E-state index in [0.717, 1.165) is 38.2 Å². The molecule has 0 spiro atoms. The Morgan fingerprint density at radius 3 is 2.94 bits per heavy atom. The third kappa shape index (κ3) is 4.49. The number of hydrogen-bond acceptors (Lipinski definition) is 4. The lowest BCUT2D eigenvalue weighted by molar-refractivity contribution is 0.537. The highest BCUT2D eigenvalue weighted by atomic mass is 16.4. The summed E-state index contributed by atoms with van der Waals surface area (Å²) >= 11 is 0. The first-order valence-electron chi connectivity index (χ1n) is 6.15. The van der Waals surface area contributed by atoms with Crippen molar-refractivity contribution in [3.63, 3.8) is 0 Å². The normalized spacial score (nSPS) is 10.2. The van der Waals surface area contributed by atoms with Crippen molar-refractivity contribution in [1.82, 2.24) is 10.3 Å². The molecule has 0 aliphatic carbocycles. The fourth-order valence-corrected chi connectivity index (χ4v) is 1.54. The second-order valence-electron chi connectivity index (χ2n) is 3.92. The molecular weight excluding hydrogens is 214 g/mol. The van der Waals surface area contributed by atoms with Gasteiger partial charge < -0.3 is 14.6 Å². The van der Waals surface area contributed by atoms with E-state index in [-0.39, 0.29) is 0 Å². The number of rotatable bonds is 8. The average molecular weight is 235 g/mol. The number of oxazole rings is 1. The summed E-state index contributed by atoms with van der Waals surface area (Å²) in [7, 11) is 0. The molecule has 1 N–H and O–H groups in total. The molecule has 17 heavy (non-hydrogen) atoms. The van der Waals surface area contributed by atoms with E-state index in [1.165, 1.54) is 0 Å². The molecule has 4 heteroatoms. The molecule has 0 aromatic carbocycles. The summed E-state index contributed by atoms with van der Waals surface area (Å²) in [6.07, 6.45) is 9.16. The van der Waals surface area contributed by atoms with Gasteiger partial charge in [-0.1, -0.05) is 19.8 Å². The maximum absolute atomic E-state index is 5.44. The number of nitrogens with zero attached hydrogens (tertiary/aromatic N) is 2. The lowest BCUT2D eigenvalue weighted by atomic mass is 10.4. The van der Waals surface area contributed by atoms with E-state index in [9.17, 15) is 0 Å². The van der Waals surface area contributed by atoms with Gasteiger partial charge in [-0.25, -0.2) is 0 Å². The first-order valence-corrected chi connectivity index (χ1v) is 6.15. The van der Waals surface area contributed by atoms with E-state index in [1.807, 2.05) is 4.90 Å². The van der Waals surface area contributed by atoms with Gasteiger partial charge in [0.1, 0.15) is 6.26 Å². The molecule has 0 saturated carbocycles. The highest BCUT2D eigenvalue weighted by Crippen LogP contribution is 2.13.